The van der Waals surface area contributed by atoms with Crippen molar-refractivity contribution >= 4 is 23.2 Å². The van der Waals surface area contributed by atoms with Crippen molar-refractivity contribution in [2.75, 3.05) is 0 Å². The second kappa shape index (κ2) is 4.12. The molecule has 0 saturated heterocycles. The molecule has 2 amide bonds. The minimum Gasteiger partial charge on any atom is -0.507 e. The fourth-order valence-electron chi connectivity index (χ4n) is 1.42. The fourth-order valence-corrected chi connectivity index (χ4v) is 1.42. The van der Waals surface area contributed by atoms with Gasteiger partial charge in [-0.05, 0) is 19.1 Å². The van der Waals surface area contributed by atoms with Crippen LogP contribution in [0, 0.1) is 6.92 Å². The predicted molar refractivity (Wildman–Crippen MR) is 60.7 cm³/mol. The van der Waals surface area contributed by atoms with Crippen molar-refractivity contribution in [2.24, 2.45) is 10.8 Å². The second-order valence-corrected chi connectivity index (χ2v) is 3.38. The molecule has 2 rings (SSSR count). The summed E-state index contributed by atoms with van der Waals surface area (Å²) < 4.78 is 5.07. The lowest BCUT2D eigenvalue weighted by Crippen LogP contribution is -2.24. The summed E-state index contributed by atoms with van der Waals surface area (Å²) in [6, 6.07) is 2.40. The molecule has 0 spiro atoms. The van der Waals surface area contributed by atoms with E-state index in [4.69, 9.17) is 10.3 Å². The lowest BCUT2D eigenvalue weighted by Gasteiger charge is -1.98. The van der Waals surface area contributed by atoms with Gasteiger partial charge in [-0.2, -0.15) is 5.10 Å². The Balaban J connectivity index is 2.48. The van der Waals surface area contributed by atoms with Gasteiger partial charge in [0.2, 0.25) is 0 Å². The van der Waals surface area contributed by atoms with Gasteiger partial charge in [0.1, 0.15) is 5.75 Å². The number of aromatic hydroxyl groups is 1. The largest absolute Gasteiger partial charge is 0.507 e. The molecule has 7 nitrogen and oxygen atoms in total. The first-order chi connectivity index (χ1) is 8.09. The lowest BCUT2D eigenvalue weighted by atomic mass is 10.1. The van der Waals surface area contributed by atoms with Crippen LogP contribution in [0.4, 0.5) is 4.79 Å². The molecule has 1 heterocycles. The molecule has 17 heavy (non-hydrogen) atoms. The third-order valence-corrected chi connectivity index (χ3v) is 2.21. The number of carbonyl (C=O) groups excluding carboxylic acids is 1. The van der Waals surface area contributed by atoms with Gasteiger partial charge in [-0.1, -0.05) is 5.16 Å². The van der Waals surface area contributed by atoms with E-state index < -0.39 is 6.03 Å². The Kier molecular flexibility index (Phi) is 2.65. The monoisotopic (exact) mass is 234 g/mol. The van der Waals surface area contributed by atoms with E-state index >= 15 is 0 Å². The average molecular weight is 234 g/mol. The van der Waals surface area contributed by atoms with Gasteiger partial charge >= 0.3 is 6.03 Å². The van der Waals surface area contributed by atoms with E-state index in [-0.39, 0.29) is 5.75 Å². The number of benzene rings is 1. The highest BCUT2D eigenvalue weighted by atomic mass is 16.5. The number of hydrazone groups is 1. The Hall–Kier alpha value is -2.57. The number of nitrogens with one attached hydrogen (secondary N) is 1. The zero-order chi connectivity index (χ0) is 12.4. The molecule has 0 aliphatic heterocycles. The SMILES string of the molecule is Cc1noc2c(C=NNC(N)=O)c(O)ccc12. The van der Waals surface area contributed by atoms with Crippen molar-refractivity contribution in [1.29, 1.82) is 0 Å². The number of phenols is 1. The molecule has 0 bridgehead atoms. The van der Waals surface area contributed by atoms with E-state index in [0.717, 1.165) is 5.39 Å². The van der Waals surface area contributed by atoms with Gasteiger partial charge in [0.15, 0.2) is 5.58 Å². The molecule has 0 unspecified atom stereocenters. The van der Waals surface area contributed by atoms with E-state index in [1.54, 1.807) is 13.0 Å². The number of nitrogens with zero attached hydrogens (tertiary/aromatic N) is 2. The van der Waals surface area contributed by atoms with Gasteiger partial charge in [-0.15, -0.1) is 0 Å². The number of nitrogens with two attached hydrogens (primary N) is 1. The number of primary amides is 1. The van der Waals surface area contributed by atoms with Crippen LogP contribution >= 0.6 is 0 Å². The zero-order valence-electron chi connectivity index (χ0n) is 8.97. The number of hydrogen-bond donors (Lipinski definition) is 3. The molecule has 88 valence electrons. The lowest BCUT2D eigenvalue weighted by molar-refractivity contribution is 0.249. The number of rotatable bonds is 2. The van der Waals surface area contributed by atoms with Crippen molar-refractivity contribution < 1.29 is 14.4 Å². The van der Waals surface area contributed by atoms with Crippen LogP contribution in [-0.2, 0) is 0 Å². The summed E-state index contributed by atoms with van der Waals surface area (Å²) in [7, 11) is 0. The quantitative estimate of drug-likeness (QED) is 0.527. The van der Waals surface area contributed by atoms with Crippen LogP contribution in [-0.4, -0.2) is 22.5 Å². The minimum atomic E-state index is -0.790. The number of amides is 2. The van der Waals surface area contributed by atoms with Crippen LogP contribution in [0.2, 0.25) is 0 Å². The van der Waals surface area contributed by atoms with Gasteiger partial charge in [0.05, 0.1) is 17.5 Å². The summed E-state index contributed by atoms with van der Waals surface area (Å²) in [6.07, 6.45) is 1.24. The van der Waals surface area contributed by atoms with Crippen molar-refractivity contribution in [3.05, 3.63) is 23.4 Å². The zero-order valence-corrected chi connectivity index (χ0v) is 8.97. The number of phenolic OH excluding ortho intramolecular Hbond substituents is 1. The maximum atomic E-state index is 10.4. The number of fused-ring (bicyclic) bond motifs is 1. The summed E-state index contributed by atoms with van der Waals surface area (Å²) in [5.41, 5.74) is 8.31. The van der Waals surface area contributed by atoms with Crippen molar-refractivity contribution in [3.63, 3.8) is 0 Å². The highest BCUT2D eigenvalue weighted by Crippen LogP contribution is 2.27. The van der Waals surface area contributed by atoms with Crippen LogP contribution < -0.4 is 11.2 Å². The first-order valence-electron chi connectivity index (χ1n) is 4.76. The molecule has 0 aliphatic carbocycles. The minimum absolute atomic E-state index is 0.0244. The number of aromatic nitrogens is 1. The van der Waals surface area contributed by atoms with Crippen LogP contribution in [0.3, 0.4) is 0 Å². The van der Waals surface area contributed by atoms with Crippen molar-refractivity contribution in [1.82, 2.24) is 10.6 Å². The highest BCUT2D eigenvalue weighted by molar-refractivity contribution is 6.00. The molecule has 2 aromatic rings. The van der Waals surface area contributed by atoms with E-state index in [2.05, 4.69) is 10.3 Å². The molecular formula is C10H10N4O3. The van der Waals surface area contributed by atoms with Crippen LogP contribution in [0.5, 0.6) is 5.75 Å². The molecule has 1 aromatic carbocycles. The first kappa shape index (κ1) is 10.9. The molecule has 1 aromatic heterocycles. The van der Waals surface area contributed by atoms with E-state index in [1.165, 1.54) is 12.3 Å². The summed E-state index contributed by atoms with van der Waals surface area (Å²) in [5, 5.41) is 17.8. The predicted octanol–water partition coefficient (Wildman–Crippen LogP) is 0.844. The van der Waals surface area contributed by atoms with E-state index in [1.807, 2.05) is 5.43 Å². The molecule has 0 atom stereocenters. The van der Waals surface area contributed by atoms with Gasteiger partial charge in [-0.25, -0.2) is 10.2 Å². The number of aryl methyl sites for hydroxylation is 1. The summed E-state index contributed by atoms with van der Waals surface area (Å²) in [6.45, 7) is 1.78. The van der Waals surface area contributed by atoms with Crippen molar-refractivity contribution in [2.45, 2.75) is 6.92 Å². The first-order valence-corrected chi connectivity index (χ1v) is 4.76. The Morgan fingerprint density at radius 3 is 3.12 bits per heavy atom. The summed E-state index contributed by atoms with van der Waals surface area (Å²) in [4.78, 5) is 10.4. The fraction of sp³-hybridized carbons (Fsp3) is 0.100. The molecule has 0 radical (unpaired) electrons. The number of hydrogen-bond acceptors (Lipinski definition) is 5. The van der Waals surface area contributed by atoms with Crippen LogP contribution in [0.15, 0.2) is 21.8 Å². The normalized spacial score (nSPS) is 11.1. The standard InChI is InChI=1S/C10H10N4O3/c1-5-6-2-3-8(15)7(9(6)17-14-5)4-12-13-10(11)16/h2-4,15H,1H3,(H3,11,13,16). The van der Waals surface area contributed by atoms with Crippen molar-refractivity contribution in [3.8, 4) is 5.75 Å². The topological polar surface area (TPSA) is 114 Å². The Morgan fingerprint density at radius 1 is 1.65 bits per heavy atom. The Bertz CT molecular complexity index is 603. The third kappa shape index (κ3) is 2.03. The van der Waals surface area contributed by atoms with Crippen LogP contribution in [0.25, 0.3) is 11.0 Å². The third-order valence-electron chi connectivity index (χ3n) is 2.21. The van der Waals surface area contributed by atoms with Gasteiger partial charge in [-0.3, -0.25) is 0 Å². The maximum absolute atomic E-state index is 10.4. The molecule has 0 aliphatic rings. The highest BCUT2D eigenvalue weighted by Gasteiger charge is 2.11. The number of carbonyl (C=O) groups is 1. The molecule has 0 saturated carbocycles. The number of urea groups is 1. The smallest absolute Gasteiger partial charge is 0.332 e. The molecule has 0 fully saturated rings. The van der Waals surface area contributed by atoms with Gasteiger partial charge in [0, 0.05) is 5.39 Å². The Labute approximate surface area is 95.9 Å². The molecular weight excluding hydrogens is 224 g/mol. The molecule has 7 heteroatoms. The van der Waals surface area contributed by atoms with Gasteiger partial charge in [0.25, 0.3) is 0 Å². The Morgan fingerprint density at radius 2 is 2.41 bits per heavy atom. The molecule has 4 N–H and O–H groups in total. The van der Waals surface area contributed by atoms with E-state index in [9.17, 15) is 9.90 Å². The van der Waals surface area contributed by atoms with Crippen LogP contribution in [0.1, 0.15) is 11.3 Å². The van der Waals surface area contributed by atoms with Gasteiger partial charge < -0.3 is 15.4 Å². The summed E-state index contributed by atoms with van der Waals surface area (Å²) >= 11 is 0. The maximum Gasteiger partial charge on any atom is 0.332 e. The average Bonchev–Trinajstić information content (AvgIpc) is 2.63. The summed E-state index contributed by atoms with van der Waals surface area (Å²) in [5.74, 6) is -0.0244. The second-order valence-electron chi connectivity index (χ2n) is 3.38. The van der Waals surface area contributed by atoms with E-state index in [0.29, 0.717) is 16.8 Å².